The molecule has 1 aromatic rings. The van der Waals surface area contributed by atoms with E-state index in [-0.39, 0.29) is 0 Å². The average molecular weight is 281 g/mol. The Balaban J connectivity index is 2.47. The molecule has 0 bridgehead atoms. The van der Waals surface area contributed by atoms with E-state index in [9.17, 15) is 5.11 Å². The third-order valence-corrected chi connectivity index (χ3v) is 4.08. The van der Waals surface area contributed by atoms with E-state index >= 15 is 0 Å². The number of likely N-dealkylation sites (N-methyl/N-ethyl adjacent to an activating group) is 1. The highest BCUT2D eigenvalue weighted by molar-refractivity contribution is 7.99. The summed E-state index contributed by atoms with van der Waals surface area (Å²) in [4.78, 5) is 1.32. The lowest BCUT2D eigenvalue weighted by atomic mass is 9.97. The summed E-state index contributed by atoms with van der Waals surface area (Å²) in [7, 11) is 1.86. The first-order valence-electron chi connectivity index (χ1n) is 7.01. The van der Waals surface area contributed by atoms with Crippen LogP contribution in [0.25, 0.3) is 0 Å². The van der Waals surface area contributed by atoms with Crippen molar-refractivity contribution in [2.75, 3.05) is 19.3 Å². The van der Waals surface area contributed by atoms with Crippen molar-refractivity contribution >= 4 is 11.8 Å². The molecule has 1 aromatic carbocycles. The van der Waals surface area contributed by atoms with Gasteiger partial charge >= 0.3 is 0 Å². The Hall–Kier alpha value is -0.510. The van der Waals surface area contributed by atoms with E-state index < -0.39 is 5.60 Å². The number of aliphatic hydroxyl groups is 1. The fraction of sp³-hybridized carbons (Fsp3) is 0.625. The molecule has 0 amide bonds. The van der Waals surface area contributed by atoms with Crippen LogP contribution in [0, 0.1) is 5.92 Å². The van der Waals surface area contributed by atoms with Crippen LogP contribution in [0.3, 0.4) is 0 Å². The van der Waals surface area contributed by atoms with Gasteiger partial charge in [-0.15, -0.1) is 11.8 Å². The Morgan fingerprint density at radius 1 is 1.26 bits per heavy atom. The van der Waals surface area contributed by atoms with Crippen molar-refractivity contribution in [3.63, 3.8) is 0 Å². The van der Waals surface area contributed by atoms with Gasteiger partial charge in [0.05, 0.1) is 5.60 Å². The van der Waals surface area contributed by atoms with Crippen LogP contribution in [0.2, 0.25) is 0 Å². The minimum Gasteiger partial charge on any atom is -0.389 e. The molecule has 0 aliphatic rings. The Kier molecular flexibility index (Phi) is 6.90. The molecule has 0 spiro atoms. The fourth-order valence-electron chi connectivity index (χ4n) is 2.00. The zero-order valence-electron chi connectivity index (χ0n) is 12.6. The Labute approximate surface area is 122 Å². The first-order chi connectivity index (χ1) is 8.93. The number of rotatable bonds is 8. The highest BCUT2D eigenvalue weighted by atomic mass is 32.2. The van der Waals surface area contributed by atoms with Crippen LogP contribution in [0.4, 0.5) is 0 Å². The normalized spacial score (nSPS) is 14.6. The summed E-state index contributed by atoms with van der Waals surface area (Å²) in [6.07, 6.45) is 1.94. The van der Waals surface area contributed by atoms with Crippen LogP contribution in [-0.2, 0) is 6.42 Å². The molecule has 0 aliphatic carbocycles. The van der Waals surface area contributed by atoms with Gasteiger partial charge in [0.25, 0.3) is 0 Å². The van der Waals surface area contributed by atoms with Gasteiger partial charge in [-0.1, -0.05) is 26.0 Å². The van der Waals surface area contributed by atoms with Crippen molar-refractivity contribution in [2.45, 2.75) is 44.1 Å². The second kappa shape index (κ2) is 7.93. The zero-order valence-corrected chi connectivity index (χ0v) is 13.4. The van der Waals surface area contributed by atoms with Gasteiger partial charge < -0.3 is 10.4 Å². The first kappa shape index (κ1) is 16.5. The number of hydrogen-bond acceptors (Lipinski definition) is 3. The topological polar surface area (TPSA) is 32.3 Å². The summed E-state index contributed by atoms with van der Waals surface area (Å²) in [6.45, 7) is 6.99. The van der Waals surface area contributed by atoms with Crippen LogP contribution >= 0.6 is 11.8 Å². The summed E-state index contributed by atoms with van der Waals surface area (Å²) >= 11 is 1.91. The molecule has 0 aliphatic heterocycles. The van der Waals surface area contributed by atoms with Gasteiger partial charge in [-0.25, -0.2) is 0 Å². The number of hydrogen-bond donors (Lipinski definition) is 2. The summed E-state index contributed by atoms with van der Waals surface area (Å²) in [5.74, 6) is 1.94. The van der Waals surface area contributed by atoms with Crippen molar-refractivity contribution < 1.29 is 5.11 Å². The van der Waals surface area contributed by atoms with E-state index in [1.807, 2.05) is 25.7 Å². The summed E-state index contributed by atoms with van der Waals surface area (Å²) in [5.41, 5.74) is 0.509. The van der Waals surface area contributed by atoms with E-state index in [1.165, 1.54) is 22.6 Å². The van der Waals surface area contributed by atoms with Crippen molar-refractivity contribution in [2.24, 2.45) is 5.92 Å². The maximum atomic E-state index is 10.2. The third kappa shape index (κ3) is 7.00. The molecule has 108 valence electrons. The van der Waals surface area contributed by atoms with Gasteiger partial charge in [0, 0.05) is 17.9 Å². The second-order valence-electron chi connectivity index (χ2n) is 5.88. The van der Waals surface area contributed by atoms with Crippen molar-refractivity contribution in [3.8, 4) is 0 Å². The Morgan fingerprint density at radius 2 is 1.89 bits per heavy atom. The third-order valence-electron chi connectivity index (χ3n) is 3.03. The number of thioether (sulfide) groups is 1. The lowest BCUT2D eigenvalue weighted by molar-refractivity contribution is 0.0622. The maximum Gasteiger partial charge on any atom is 0.0783 e. The summed E-state index contributed by atoms with van der Waals surface area (Å²) in [6, 6.07) is 8.58. The van der Waals surface area contributed by atoms with Crippen LogP contribution in [-0.4, -0.2) is 30.1 Å². The lowest BCUT2D eigenvalue weighted by Gasteiger charge is -2.23. The van der Waals surface area contributed by atoms with E-state index in [2.05, 4.69) is 43.4 Å². The maximum absolute atomic E-state index is 10.2. The van der Waals surface area contributed by atoms with Gasteiger partial charge in [0.2, 0.25) is 0 Å². The standard InChI is InChI=1S/C16H27NOS/c1-13(2)9-10-19-15-7-5-14(6-8-15)11-16(3,18)12-17-4/h5-8,13,17-18H,9-12H2,1-4H3. The molecule has 1 atom stereocenters. The minimum atomic E-state index is -0.680. The number of benzene rings is 1. The van der Waals surface area contributed by atoms with Crippen molar-refractivity contribution in [1.82, 2.24) is 5.32 Å². The lowest BCUT2D eigenvalue weighted by Crippen LogP contribution is -2.38. The summed E-state index contributed by atoms with van der Waals surface area (Å²) < 4.78 is 0. The molecule has 0 heterocycles. The van der Waals surface area contributed by atoms with Gasteiger partial charge in [-0.2, -0.15) is 0 Å². The molecule has 3 heteroatoms. The molecule has 0 aromatic heterocycles. The molecular weight excluding hydrogens is 254 g/mol. The van der Waals surface area contributed by atoms with E-state index in [1.54, 1.807) is 0 Å². The SMILES string of the molecule is CNCC(C)(O)Cc1ccc(SCCC(C)C)cc1. The summed E-state index contributed by atoms with van der Waals surface area (Å²) in [5, 5.41) is 13.2. The molecule has 0 fully saturated rings. The highest BCUT2D eigenvalue weighted by Crippen LogP contribution is 2.22. The quantitative estimate of drug-likeness (QED) is 0.717. The molecule has 0 saturated heterocycles. The Bertz CT molecular complexity index is 360. The zero-order chi connectivity index (χ0) is 14.3. The molecule has 19 heavy (non-hydrogen) atoms. The second-order valence-corrected chi connectivity index (χ2v) is 7.05. The van der Waals surface area contributed by atoms with Gasteiger partial charge in [0.15, 0.2) is 0 Å². The van der Waals surface area contributed by atoms with Gasteiger partial charge in [0.1, 0.15) is 0 Å². The van der Waals surface area contributed by atoms with E-state index in [4.69, 9.17) is 0 Å². The molecule has 1 rings (SSSR count). The Morgan fingerprint density at radius 3 is 2.42 bits per heavy atom. The molecular formula is C16H27NOS. The molecule has 1 unspecified atom stereocenters. The van der Waals surface area contributed by atoms with Crippen LogP contribution in [0.1, 0.15) is 32.8 Å². The fourth-order valence-corrected chi connectivity index (χ4v) is 3.15. The first-order valence-corrected chi connectivity index (χ1v) is 8.00. The van der Waals surface area contributed by atoms with E-state index in [0.29, 0.717) is 13.0 Å². The smallest absolute Gasteiger partial charge is 0.0783 e. The molecule has 0 radical (unpaired) electrons. The van der Waals surface area contributed by atoms with Gasteiger partial charge in [-0.3, -0.25) is 0 Å². The average Bonchev–Trinajstić information content (AvgIpc) is 2.30. The predicted molar refractivity (Wildman–Crippen MR) is 84.9 cm³/mol. The molecule has 0 saturated carbocycles. The molecule has 2 nitrogen and oxygen atoms in total. The van der Waals surface area contributed by atoms with Gasteiger partial charge in [-0.05, 0) is 49.8 Å². The van der Waals surface area contributed by atoms with Crippen LogP contribution in [0.5, 0.6) is 0 Å². The highest BCUT2D eigenvalue weighted by Gasteiger charge is 2.19. The minimum absolute atomic E-state index is 0.609. The van der Waals surface area contributed by atoms with E-state index in [0.717, 1.165) is 5.92 Å². The predicted octanol–water partition coefficient (Wildman–Crippen LogP) is 3.34. The molecule has 2 N–H and O–H groups in total. The number of nitrogens with one attached hydrogen (secondary N) is 1. The van der Waals surface area contributed by atoms with Crippen LogP contribution in [0.15, 0.2) is 29.2 Å². The van der Waals surface area contributed by atoms with Crippen molar-refractivity contribution in [3.05, 3.63) is 29.8 Å². The largest absolute Gasteiger partial charge is 0.389 e. The van der Waals surface area contributed by atoms with Crippen LogP contribution < -0.4 is 5.32 Å². The van der Waals surface area contributed by atoms with Crippen molar-refractivity contribution in [1.29, 1.82) is 0 Å². The monoisotopic (exact) mass is 281 g/mol.